The molecule has 0 saturated carbocycles. The maximum absolute atomic E-state index is 12.5. The van der Waals surface area contributed by atoms with Crippen LogP contribution in [-0.2, 0) is 22.4 Å². The van der Waals surface area contributed by atoms with E-state index in [0.717, 1.165) is 16.9 Å². The lowest BCUT2D eigenvalue weighted by Gasteiger charge is -2.21. The van der Waals surface area contributed by atoms with Gasteiger partial charge < -0.3 is 14.7 Å². The van der Waals surface area contributed by atoms with Gasteiger partial charge in [0.05, 0.1) is 13.0 Å². The number of aliphatic carboxylic acids is 1. The van der Waals surface area contributed by atoms with Gasteiger partial charge in [-0.3, -0.25) is 9.59 Å². The molecule has 1 N–H and O–H groups in total. The number of hydrogen-bond acceptors (Lipinski definition) is 3. The molecule has 5 nitrogen and oxygen atoms in total. The molecular formula is C20H23NO4. The van der Waals surface area contributed by atoms with E-state index in [1.54, 1.807) is 0 Å². The van der Waals surface area contributed by atoms with Gasteiger partial charge in [0.25, 0.3) is 0 Å². The molecule has 0 fully saturated rings. The fourth-order valence-corrected chi connectivity index (χ4v) is 2.52. The van der Waals surface area contributed by atoms with E-state index in [0.29, 0.717) is 19.6 Å². The molecular weight excluding hydrogens is 318 g/mol. The second kappa shape index (κ2) is 9.47. The highest BCUT2D eigenvalue weighted by molar-refractivity contribution is 5.83. The molecule has 5 heteroatoms. The van der Waals surface area contributed by atoms with Crippen LogP contribution in [0.3, 0.4) is 0 Å². The number of benzene rings is 2. The predicted octanol–water partition coefficient (Wildman–Crippen LogP) is 2.78. The summed E-state index contributed by atoms with van der Waals surface area (Å²) in [7, 11) is 0. The topological polar surface area (TPSA) is 66.8 Å². The van der Waals surface area contributed by atoms with Crippen LogP contribution in [0, 0.1) is 0 Å². The van der Waals surface area contributed by atoms with Crippen molar-refractivity contribution in [2.24, 2.45) is 0 Å². The molecule has 132 valence electrons. The van der Waals surface area contributed by atoms with E-state index in [2.05, 4.69) is 0 Å². The Kier molecular flexibility index (Phi) is 7.01. The summed E-state index contributed by atoms with van der Waals surface area (Å²) in [5.41, 5.74) is 1.91. The van der Waals surface area contributed by atoms with Crippen LogP contribution in [0.1, 0.15) is 18.1 Å². The van der Waals surface area contributed by atoms with Gasteiger partial charge in [0.2, 0.25) is 5.91 Å². The van der Waals surface area contributed by atoms with Crippen LogP contribution in [0.25, 0.3) is 0 Å². The lowest BCUT2D eigenvalue weighted by Crippen LogP contribution is -2.38. The van der Waals surface area contributed by atoms with Crippen molar-refractivity contribution in [3.05, 3.63) is 65.7 Å². The number of ether oxygens (including phenoxy) is 1. The highest BCUT2D eigenvalue weighted by Crippen LogP contribution is 2.13. The molecule has 0 aliphatic heterocycles. The van der Waals surface area contributed by atoms with Crippen molar-refractivity contribution in [1.82, 2.24) is 4.90 Å². The van der Waals surface area contributed by atoms with Crippen molar-refractivity contribution in [2.75, 3.05) is 19.7 Å². The Bertz CT molecular complexity index is 683. The minimum atomic E-state index is -1.01. The van der Waals surface area contributed by atoms with Crippen LogP contribution < -0.4 is 4.74 Å². The van der Waals surface area contributed by atoms with Gasteiger partial charge in [-0.15, -0.1) is 0 Å². The minimum absolute atomic E-state index is 0.175. The van der Waals surface area contributed by atoms with Gasteiger partial charge >= 0.3 is 5.97 Å². The van der Waals surface area contributed by atoms with E-state index in [1.165, 1.54) is 4.90 Å². The molecule has 1 amide bonds. The summed E-state index contributed by atoms with van der Waals surface area (Å²) in [6, 6.07) is 17.0. The Morgan fingerprint density at radius 1 is 1.00 bits per heavy atom. The Labute approximate surface area is 147 Å². The maximum atomic E-state index is 12.5. The standard InChI is InChI=1S/C20H23NO4/c1-2-25-18-10-8-17(9-11-18)14-19(22)21(15-20(23)24)13-12-16-6-4-3-5-7-16/h3-11H,2,12-15H2,1H3,(H,23,24). The van der Waals surface area contributed by atoms with Crippen molar-refractivity contribution in [1.29, 1.82) is 0 Å². The molecule has 0 radical (unpaired) electrons. The smallest absolute Gasteiger partial charge is 0.323 e. The third-order valence-electron chi connectivity index (χ3n) is 3.78. The quantitative estimate of drug-likeness (QED) is 0.762. The molecule has 0 aromatic heterocycles. The maximum Gasteiger partial charge on any atom is 0.323 e. The zero-order chi connectivity index (χ0) is 18.1. The van der Waals surface area contributed by atoms with Crippen LogP contribution in [0.15, 0.2) is 54.6 Å². The molecule has 0 heterocycles. The van der Waals surface area contributed by atoms with Gasteiger partial charge in [0, 0.05) is 6.54 Å². The van der Waals surface area contributed by atoms with Crippen LogP contribution in [0.4, 0.5) is 0 Å². The number of amides is 1. The van der Waals surface area contributed by atoms with Crippen molar-refractivity contribution < 1.29 is 19.4 Å². The van der Waals surface area contributed by atoms with Crippen molar-refractivity contribution in [3.8, 4) is 5.75 Å². The van der Waals surface area contributed by atoms with Crippen LogP contribution in [-0.4, -0.2) is 41.6 Å². The number of carboxylic acids is 1. The lowest BCUT2D eigenvalue weighted by atomic mass is 10.1. The third kappa shape index (κ3) is 6.30. The summed E-state index contributed by atoms with van der Waals surface area (Å²) in [6.07, 6.45) is 0.803. The summed E-state index contributed by atoms with van der Waals surface area (Å²) in [6.45, 7) is 2.59. The average Bonchev–Trinajstić information content (AvgIpc) is 2.61. The predicted molar refractivity (Wildman–Crippen MR) is 95.7 cm³/mol. The number of carboxylic acid groups (broad SMARTS) is 1. The SMILES string of the molecule is CCOc1ccc(CC(=O)N(CCc2ccccc2)CC(=O)O)cc1. The number of rotatable bonds is 9. The Morgan fingerprint density at radius 2 is 1.68 bits per heavy atom. The molecule has 2 rings (SSSR count). The van der Waals surface area contributed by atoms with Gasteiger partial charge in [-0.05, 0) is 36.6 Å². The summed E-state index contributed by atoms with van der Waals surface area (Å²) in [5.74, 6) is -0.444. The fraction of sp³-hybridized carbons (Fsp3) is 0.300. The fourth-order valence-electron chi connectivity index (χ4n) is 2.52. The van der Waals surface area contributed by atoms with Gasteiger partial charge in [-0.1, -0.05) is 42.5 Å². The Hall–Kier alpha value is -2.82. The molecule has 2 aromatic carbocycles. The highest BCUT2D eigenvalue weighted by atomic mass is 16.5. The number of nitrogens with zero attached hydrogens (tertiary/aromatic N) is 1. The number of hydrogen-bond donors (Lipinski definition) is 1. The first-order valence-corrected chi connectivity index (χ1v) is 8.33. The van der Waals surface area contributed by atoms with Gasteiger partial charge in [0.15, 0.2) is 0 Å². The number of carbonyl (C=O) groups excluding carboxylic acids is 1. The largest absolute Gasteiger partial charge is 0.494 e. The van der Waals surface area contributed by atoms with E-state index in [1.807, 2.05) is 61.5 Å². The van der Waals surface area contributed by atoms with E-state index < -0.39 is 5.97 Å². The molecule has 0 aliphatic carbocycles. The van der Waals surface area contributed by atoms with Crippen LogP contribution >= 0.6 is 0 Å². The summed E-state index contributed by atoms with van der Waals surface area (Å²) in [5, 5.41) is 9.08. The molecule has 25 heavy (non-hydrogen) atoms. The van der Waals surface area contributed by atoms with Crippen LogP contribution in [0.2, 0.25) is 0 Å². The Morgan fingerprint density at radius 3 is 2.28 bits per heavy atom. The van der Waals surface area contributed by atoms with E-state index in [-0.39, 0.29) is 18.9 Å². The van der Waals surface area contributed by atoms with Gasteiger partial charge in [-0.25, -0.2) is 0 Å². The summed E-state index contributed by atoms with van der Waals surface area (Å²) < 4.78 is 5.38. The zero-order valence-electron chi connectivity index (χ0n) is 14.4. The van der Waals surface area contributed by atoms with E-state index in [9.17, 15) is 9.59 Å². The van der Waals surface area contributed by atoms with Crippen molar-refractivity contribution in [3.63, 3.8) is 0 Å². The second-order valence-electron chi connectivity index (χ2n) is 5.70. The first-order valence-electron chi connectivity index (χ1n) is 8.33. The van der Waals surface area contributed by atoms with Crippen molar-refractivity contribution in [2.45, 2.75) is 19.8 Å². The summed E-state index contributed by atoms with van der Waals surface area (Å²) >= 11 is 0. The minimum Gasteiger partial charge on any atom is -0.494 e. The first-order chi connectivity index (χ1) is 12.1. The highest BCUT2D eigenvalue weighted by Gasteiger charge is 2.17. The molecule has 2 aromatic rings. The summed E-state index contributed by atoms with van der Waals surface area (Å²) in [4.78, 5) is 25.0. The van der Waals surface area contributed by atoms with Crippen LogP contribution in [0.5, 0.6) is 5.75 Å². The molecule has 0 aliphatic rings. The molecule has 0 spiro atoms. The monoisotopic (exact) mass is 341 g/mol. The normalized spacial score (nSPS) is 10.3. The Balaban J connectivity index is 1.98. The zero-order valence-corrected chi connectivity index (χ0v) is 14.4. The molecule has 0 atom stereocenters. The third-order valence-corrected chi connectivity index (χ3v) is 3.78. The number of carbonyl (C=O) groups is 2. The van der Waals surface area contributed by atoms with E-state index >= 15 is 0 Å². The van der Waals surface area contributed by atoms with Gasteiger partial charge in [0.1, 0.15) is 12.3 Å². The average molecular weight is 341 g/mol. The lowest BCUT2D eigenvalue weighted by molar-refractivity contribution is -0.144. The van der Waals surface area contributed by atoms with E-state index in [4.69, 9.17) is 9.84 Å². The first kappa shape index (κ1) is 18.5. The second-order valence-corrected chi connectivity index (χ2v) is 5.70. The molecule has 0 unspecified atom stereocenters. The molecule has 0 saturated heterocycles. The van der Waals surface area contributed by atoms with Gasteiger partial charge in [-0.2, -0.15) is 0 Å². The molecule has 0 bridgehead atoms. The van der Waals surface area contributed by atoms with Crippen molar-refractivity contribution >= 4 is 11.9 Å².